The Morgan fingerprint density at radius 3 is 2.76 bits per heavy atom. The SMILES string of the molecule is CC#CC(CC(=O)O)c1ccc(OC2CCCCO2)cc1. The van der Waals surface area contributed by atoms with E-state index in [1.54, 1.807) is 6.92 Å². The highest BCUT2D eigenvalue weighted by atomic mass is 16.7. The highest BCUT2D eigenvalue weighted by molar-refractivity contribution is 5.69. The lowest BCUT2D eigenvalue weighted by Crippen LogP contribution is -2.24. The molecule has 0 bridgehead atoms. The number of carboxylic acids is 1. The third-order valence-corrected chi connectivity index (χ3v) is 3.39. The Morgan fingerprint density at radius 2 is 2.19 bits per heavy atom. The monoisotopic (exact) mass is 288 g/mol. The molecule has 2 unspecified atom stereocenters. The number of rotatable bonds is 5. The Morgan fingerprint density at radius 1 is 1.43 bits per heavy atom. The third-order valence-electron chi connectivity index (χ3n) is 3.39. The van der Waals surface area contributed by atoms with Crippen LogP contribution in [0.3, 0.4) is 0 Å². The summed E-state index contributed by atoms with van der Waals surface area (Å²) in [7, 11) is 0. The molecular weight excluding hydrogens is 268 g/mol. The van der Waals surface area contributed by atoms with Crippen molar-refractivity contribution in [3.63, 3.8) is 0 Å². The van der Waals surface area contributed by atoms with E-state index in [9.17, 15) is 4.79 Å². The van der Waals surface area contributed by atoms with Gasteiger partial charge in [-0.2, -0.15) is 0 Å². The number of carboxylic acid groups (broad SMARTS) is 1. The van der Waals surface area contributed by atoms with Crippen molar-refractivity contribution < 1.29 is 19.4 Å². The van der Waals surface area contributed by atoms with E-state index in [0.717, 1.165) is 37.2 Å². The van der Waals surface area contributed by atoms with Gasteiger partial charge in [0.1, 0.15) is 5.75 Å². The quantitative estimate of drug-likeness (QED) is 0.845. The Bertz CT molecular complexity index is 518. The van der Waals surface area contributed by atoms with Gasteiger partial charge < -0.3 is 14.6 Å². The van der Waals surface area contributed by atoms with Gasteiger partial charge in [-0.25, -0.2) is 0 Å². The van der Waals surface area contributed by atoms with Crippen molar-refractivity contribution in [3.8, 4) is 17.6 Å². The van der Waals surface area contributed by atoms with Crippen LogP contribution in [0.1, 0.15) is 44.1 Å². The summed E-state index contributed by atoms with van der Waals surface area (Å²) in [5, 5.41) is 8.93. The van der Waals surface area contributed by atoms with E-state index in [0.29, 0.717) is 0 Å². The van der Waals surface area contributed by atoms with E-state index < -0.39 is 5.97 Å². The van der Waals surface area contributed by atoms with E-state index in [1.807, 2.05) is 24.3 Å². The Balaban J connectivity index is 2.01. The van der Waals surface area contributed by atoms with Crippen molar-refractivity contribution in [1.29, 1.82) is 0 Å². The highest BCUT2D eigenvalue weighted by Gasteiger charge is 2.16. The van der Waals surface area contributed by atoms with Gasteiger partial charge in [-0.1, -0.05) is 18.1 Å². The van der Waals surface area contributed by atoms with Crippen LogP contribution in [0.4, 0.5) is 0 Å². The molecule has 4 nitrogen and oxygen atoms in total. The first-order chi connectivity index (χ1) is 10.2. The van der Waals surface area contributed by atoms with Crippen molar-refractivity contribution in [2.75, 3.05) is 6.61 Å². The summed E-state index contributed by atoms with van der Waals surface area (Å²) in [6, 6.07) is 7.44. The maximum absolute atomic E-state index is 10.9. The van der Waals surface area contributed by atoms with Crippen LogP contribution in [0.2, 0.25) is 0 Å². The minimum Gasteiger partial charge on any atom is -0.481 e. The fraction of sp³-hybridized carbons (Fsp3) is 0.471. The second-order valence-electron chi connectivity index (χ2n) is 5.03. The number of hydrogen-bond acceptors (Lipinski definition) is 3. The first-order valence-corrected chi connectivity index (χ1v) is 7.21. The lowest BCUT2D eigenvalue weighted by atomic mass is 9.96. The van der Waals surface area contributed by atoms with Gasteiger partial charge in [0.15, 0.2) is 6.29 Å². The molecular formula is C17H20O4. The van der Waals surface area contributed by atoms with Crippen LogP contribution in [0.15, 0.2) is 24.3 Å². The lowest BCUT2D eigenvalue weighted by molar-refractivity contribution is -0.137. The summed E-state index contributed by atoms with van der Waals surface area (Å²) in [5.74, 6) is 5.33. The summed E-state index contributed by atoms with van der Waals surface area (Å²) in [6.07, 6.45) is 2.95. The van der Waals surface area contributed by atoms with Crippen LogP contribution >= 0.6 is 0 Å². The standard InChI is InChI=1S/C17H20O4/c1-2-5-14(12-16(18)19)13-7-9-15(10-8-13)21-17-6-3-4-11-20-17/h7-10,14,17H,3-4,6,11-12H2,1H3,(H,18,19). The molecule has 1 aliphatic heterocycles. The number of hydrogen-bond donors (Lipinski definition) is 1. The highest BCUT2D eigenvalue weighted by Crippen LogP contribution is 2.24. The van der Waals surface area contributed by atoms with Crippen LogP contribution < -0.4 is 4.74 Å². The van der Waals surface area contributed by atoms with Gasteiger partial charge in [0.2, 0.25) is 0 Å². The van der Waals surface area contributed by atoms with Crippen molar-refractivity contribution >= 4 is 5.97 Å². The second-order valence-corrected chi connectivity index (χ2v) is 5.03. The van der Waals surface area contributed by atoms with Crippen molar-refractivity contribution in [2.45, 2.75) is 44.8 Å². The molecule has 1 heterocycles. The third kappa shape index (κ3) is 4.80. The molecule has 0 spiro atoms. The van der Waals surface area contributed by atoms with E-state index in [4.69, 9.17) is 14.6 Å². The zero-order valence-electron chi connectivity index (χ0n) is 12.2. The smallest absolute Gasteiger partial charge is 0.304 e. The van der Waals surface area contributed by atoms with E-state index in [2.05, 4.69) is 11.8 Å². The van der Waals surface area contributed by atoms with Crippen molar-refractivity contribution in [1.82, 2.24) is 0 Å². The number of carbonyl (C=O) groups is 1. The maximum Gasteiger partial charge on any atom is 0.304 e. The molecule has 2 atom stereocenters. The van der Waals surface area contributed by atoms with Gasteiger partial charge in [0.05, 0.1) is 18.9 Å². The van der Waals surface area contributed by atoms with Gasteiger partial charge in [-0.15, -0.1) is 5.92 Å². The average molecular weight is 288 g/mol. The molecule has 1 saturated heterocycles. The molecule has 2 rings (SSSR count). The normalized spacial score (nSPS) is 19.2. The number of aliphatic carboxylic acids is 1. The minimum atomic E-state index is -0.848. The topological polar surface area (TPSA) is 55.8 Å². The zero-order chi connectivity index (χ0) is 15.1. The van der Waals surface area contributed by atoms with Gasteiger partial charge >= 0.3 is 5.97 Å². The van der Waals surface area contributed by atoms with Crippen LogP contribution in [-0.4, -0.2) is 24.0 Å². The molecule has 1 N–H and O–H groups in total. The number of ether oxygens (including phenoxy) is 2. The van der Waals surface area contributed by atoms with E-state index >= 15 is 0 Å². The summed E-state index contributed by atoms with van der Waals surface area (Å²) in [6.45, 7) is 2.46. The Labute approximate surface area is 125 Å². The molecule has 0 aromatic heterocycles. The molecule has 0 radical (unpaired) electrons. The minimum absolute atomic E-state index is 0.00673. The largest absolute Gasteiger partial charge is 0.481 e. The Kier molecular flexibility index (Phi) is 5.65. The molecule has 4 heteroatoms. The molecule has 0 saturated carbocycles. The predicted octanol–water partition coefficient (Wildman–Crippen LogP) is 3.17. The maximum atomic E-state index is 10.9. The van der Waals surface area contributed by atoms with Crippen LogP contribution in [0.5, 0.6) is 5.75 Å². The number of benzene rings is 1. The van der Waals surface area contributed by atoms with E-state index in [1.165, 1.54) is 0 Å². The van der Waals surface area contributed by atoms with Crippen molar-refractivity contribution in [2.24, 2.45) is 0 Å². The zero-order valence-corrected chi connectivity index (χ0v) is 12.2. The summed E-state index contributed by atoms with van der Waals surface area (Å²) < 4.78 is 11.3. The van der Waals surface area contributed by atoms with Gasteiger partial charge in [-0.3, -0.25) is 4.79 Å². The summed E-state index contributed by atoms with van der Waals surface area (Å²) >= 11 is 0. The molecule has 1 fully saturated rings. The molecule has 1 aromatic carbocycles. The molecule has 21 heavy (non-hydrogen) atoms. The van der Waals surface area contributed by atoms with Crippen LogP contribution in [0.25, 0.3) is 0 Å². The Hall–Kier alpha value is -1.99. The van der Waals surface area contributed by atoms with Crippen LogP contribution in [0, 0.1) is 11.8 Å². The van der Waals surface area contributed by atoms with Gasteiger partial charge in [0.25, 0.3) is 0 Å². The fourth-order valence-corrected chi connectivity index (χ4v) is 2.34. The second kappa shape index (κ2) is 7.70. The molecule has 1 aliphatic rings. The first-order valence-electron chi connectivity index (χ1n) is 7.21. The molecule has 112 valence electrons. The summed E-state index contributed by atoms with van der Waals surface area (Å²) in [5.41, 5.74) is 0.892. The molecule has 1 aromatic rings. The average Bonchev–Trinajstić information content (AvgIpc) is 2.48. The molecule has 0 amide bonds. The predicted molar refractivity (Wildman–Crippen MR) is 79.1 cm³/mol. The van der Waals surface area contributed by atoms with E-state index in [-0.39, 0.29) is 18.6 Å². The first kappa shape index (κ1) is 15.4. The molecule has 0 aliphatic carbocycles. The lowest BCUT2D eigenvalue weighted by Gasteiger charge is -2.23. The van der Waals surface area contributed by atoms with Gasteiger partial charge in [0, 0.05) is 6.42 Å². The fourth-order valence-electron chi connectivity index (χ4n) is 2.34. The van der Waals surface area contributed by atoms with Gasteiger partial charge in [-0.05, 0) is 37.5 Å². The van der Waals surface area contributed by atoms with Crippen molar-refractivity contribution in [3.05, 3.63) is 29.8 Å². The summed E-state index contributed by atoms with van der Waals surface area (Å²) in [4.78, 5) is 10.9. The van der Waals surface area contributed by atoms with Crippen LogP contribution in [-0.2, 0) is 9.53 Å².